The summed E-state index contributed by atoms with van der Waals surface area (Å²) >= 11 is 0. The smallest absolute Gasteiger partial charge is 0.274 e. The molecule has 0 bridgehead atoms. The SMILES string of the molecule is CCC(C)CC(=O)N1C(=O)N(c2ccccc2)C(=O)[C@@H]1Cc1ccccc1. The Morgan fingerprint density at radius 2 is 1.59 bits per heavy atom. The zero-order valence-electron chi connectivity index (χ0n) is 15.7. The number of benzene rings is 2. The van der Waals surface area contributed by atoms with E-state index in [1.165, 1.54) is 0 Å². The maximum absolute atomic E-state index is 13.1. The molecule has 0 aliphatic carbocycles. The molecule has 2 aromatic rings. The highest BCUT2D eigenvalue weighted by molar-refractivity contribution is 6.25. The van der Waals surface area contributed by atoms with Crippen molar-refractivity contribution in [2.75, 3.05) is 4.90 Å². The third-order valence-corrected chi connectivity index (χ3v) is 4.99. The summed E-state index contributed by atoms with van der Waals surface area (Å²) in [5, 5.41) is 0. The van der Waals surface area contributed by atoms with E-state index in [9.17, 15) is 14.4 Å². The van der Waals surface area contributed by atoms with Gasteiger partial charge >= 0.3 is 6.03 Å². The minimum absolute atomic E-state index is 0.156. The molecule has 0 saturated carbocycles. The maximum atomic E-state index is 13.1. The number of anilines is 1. The Labute approximate surface area is 159 Å². The van der Waals surface area contributed by atoms with Crippen molar-refractivity contribution < 1.29 is 14.4 Å². The first-order chi connectivity index (χ1) is 13.0. The van der Waals surface area contributed by atoms with Gasteiger partial charge in [0.1, 0.15) is 6.04 Å². The largest absolute Gasteiger partial charge is 0.338 e. The van der Waals surface area contributed by atoms with Gasteiger partial charge in [-0.2, -0.15) is 0 Å². The molecule has 0 spiro atoms. The van der Waals surface area contributed by atoms with Crippen molar-refractivity contribution in [2.24, 2.45) is 5.92 Å². The lowest BCUT2D eigenvalue weighted by molar-refractivity contribution is -0.133. The van der Waals surface area contributed by atoms with E-state index in [0.717, 1.165) is 21.8 Å². The number of carbonyl (C=O) groups is 3. The molecule has 2 atom stereocenters. The van der Waals surface area contributed by atoms with Gasteiger partial charge in [-0.05, 0) is 23.6 Å². The molecule has 27 heavy (non-hydrogen) atoms. The highest BCUT2D eigenvalue weighted by Crippen LogP contribution is 2.28. The van der Waals surface area contributed by atoms with Gasteiger partial charge in [0.05, 0.1) is 5.69 Å². The molecule has 0 N–H and O–H groups in total. The zero-order valence-corrected chi connectivity index (χ0v) is 15.7. The van der Waals surface area contributed by atoms with Gasteiger partial charge in [0, 0.05) is 12.8 Å². The van der Waals surface area contributed by atoms with Crippen LogP contribution in [-0.2, 0) is 16.0 Å². The van der Waals surface area contributed by atoms with Crippen LogP contribution >= 0.6 is 0 Å². The van der Waals surface area contributed by atoms with Crippen LogP contribution in [0.5, 0.6) is 0 Å². The fraction of sp³-hybridized carbons (Fsp3) is 0.318. The topological polar surface area (TPSA) is 57.7 Å². The van der Waals surface area contributed by atoms with E-state index in [2.05, 4.69) is 0 Å². The van der Waals surface area contributed by atoms with E-state index in [0.29, 0.717) is 12.1 Å². The number of amides is 4. The third kappa shape index (κ3) is 3.92. The molecule has 1 saturated heterocycles. The third-order valence-electron chi connectivity index (χ3n) is 4.99. The van der Waals surface area contributed by atoms with Gasteiger partial charge in [0.2, 0.25) is 5.91 Å². The number of urea groups is 1. The second-order valence-electron chi connectivity index (χ2n) is 6.98. The number of hydrogen-bond acceptors (Lipinski definition) is 3. The Bertz CT molecular complexity index is 820. The monoisotopic (exact) mass is 364 g/mol. The number of imide groups is 2. The molecule has 5 nitrogen and oxygen atoms in total. The number of nitrogens with zero attached hydrogens (tertiary/aromatic N) is 2. The van der Waals surface area contributed by atoms with E-state index in [1.807, 2.05) is 50.2 Å². The minimum Gasteiger partial charge on any atom is -0.274 e. The predicted molar refractivity (Wildman–Crippen MR) is 104 cm³/mol. The molecule has 1 heterocycles. The van der Waals surface area contributed by atoms with Gasteiger partial charge in [-0.3, -0.25) is 14.5 Å². The molecule has 0 radical (unpaired) electrons. The summed E-state index contributed by atoms with van der Waals surface area (Å²) < 4.78 is 0. The van der Waals surface area contributed by atoms with E-state index in [4.69, 9.17) is 0 Å². The zero-order chi connectivity index (χ0) is 19.4. The van der Waals surface area contributed by atoms with Crippen LogP contribution in [0.3, 0.4) is 0 Å². The Morgan fingerprint density at radius 1 is 1.00 bits per heavy atom. The van der Waals surface area contributed by atoms with E-state index in [-0.39, 0.29) is 24.2 Å². The first kappa shape index (κ1) is 18.8. The lowest BCUT2D eigenvalue weighted by Gasteiger charge is -2.21. The summed E-state index contributed by atoms with van der Waals surface area (Å²) in [7, 11) is 0. The van der Waals surface area contributed by atoms with Crippen molar-refractivity contribution >= 4 is 23.5 Å². The summed E-state index contributed by atoms with van der Waals surface area (Å²) in [5.74, 6) is -0.488. The molecule has 5 heteroatoms. The first-order valence-corrected chi connectivity index (χ1v) is 9.31. The number of carbonyl (C=O) groups excluding carboxylic acids is 3. The lowest BCUT2D eigenvalue weighted by atomic mass is 10.0. The Hall–Kier alpha value is -2.95. The summed E-state index contributed by atoms with van der Waals surface area (Å²) in [6.45, 7) is 3.98. The average molecular weight is 364 g/mol. The predicted octanol–water partition coefficient (Wildman–Crippen LogP) is 4.03. The van der Waals surface area contributed by atoms with Crippen molar-refractivity contribution in [3.63, 3.8) is 0 Å². The van der Waals surface area contributed by atoms with Crippen LogP contribution < -0.4 is 4.90 Å². The Kier molecular flexibility index (Phi) is 5.69. The summed E-state index contributed by atoms with van der Waals surface area (Å²) in [5.41, 5.74) is 1.41. The molecular formula is C22H24N2O3. The van der Waals surface area contributed by atoms with Gasteiger partial charge < -0.3 is 0 Å². The second-order valence-corrected chi connectivity index (χ2v) is 6.98. The molecule has 1 aliphatic rings. The van der Waals surface area contributed by atoms with Crippen LogP contribution in [0.4, 0.5) is 10.5 Å². The summed E-state index contributed by atoms with van der Waals surface area (Å²) in [4.78, 5) is 41.3. The van der Waals surface area contributed by atoms with Crippen molar-refractivity contribution in [3.8, 4) is 0 Å². The normalized spacial score (nSPS) is 18.1. The van der Waals surface area contributed by atoms with Crippen LogP contribution in [0.1, 0.15) is 32.3 Å². The molecule has 3 rings (SSSR count). The quantitative estimate of drug-likeness (QED) is 0.727. The van der Waals surface area contributed by atoms with Gasteiger partial charge in [0.15, 0.2) is 0 Å². The fourth-order valence-corrected chi connectivity index (χ4v) is 3.25. The van der Waals surface area contributed by atoms with E-state index < -0.39 is 12.1 Å². The van der Waals surface area contributed by atoms with Crippen LogP contribution in [-0.4, -0.2) is 28.8 Å². The van der Waals surface area contributed by atoms with Crippen molar-refractivity contribution in [1.29, 1.82) is 0 Å². The number of para-hydroxylation sites is 1. The van der Waals surface area contributed by atoms with E-state index >= 15 is 0 Å². The van der Waals surface area contributed by atoms with Gasteiger partial charge in [-0.25, -0.2) is 9.69 Å². The standard InChI is InChI=1S/C22H24N2O3/c1-3-16(2)14-20(25)24-19(15-17-10-6-4-7-11-17)21(26)23(22(24)27)18-12-8-5-9-13-18/h4-13,16,19H,3,14-15H2,1-2H3/t16?,19-/m0/s1. The number of hydrogen-bond donors (Lipinski definition) is 0. The second kappa shape index (κ2) is 8.16. The molecule has 1 fully saturated rings. The summed E-state index contributed by atoms with van der Waals surface area (Å²) in [6.07, 6.45) is 1.41. The van der Waals surface area contributed by atoms with Crippen LogP contribution in [0.15, 0.2) is 60.7 Å². The highest BCUT2D eigenvalue weighted by Gasteiger charge is 2.48. The Morgan fingerprint density at radius 3 is 2.19 bits per heavy atom. The Balaban J connectivity index is 1.94. The molecule has 1 unspecified atom stereocenters. The average Bonchev–Trinajstić information content (AvgIpc) is 2.93. The van der Waals surface area contributed by atoms with Gasteiger partial charge in [0.25, 0.3) is 5.91 Å². The van der Waals surface area contributed by atoms with Crippen LogP contribution in [0.25, 0.3) is 0 Å². The highest BCUT2D eigenvalue weighted by atomic mass is 16.2. The van der Waals surface area contributed by atoms with Crippen molar-refractivity contribution in [2.45, 2.75) is 39.2 Å². The summed E-state index contributed by atoms with van der Waals surface area (Å²) in [6, 6.07) is 16.9. The molecule has 0 aromatic heterocycles. The van der Waals surface area contributed by atoms with Crippen molar-refractivity contribution in [1.82, 2.24) is 4.90 Å². The molecule has 4 amide bonds. The molecule has 2 aromatic carbocycles. The first-order valence-electron chi connectivity index (χ1n) is 9.31. The van der Waals surface area contributed by atoms with Gasteiger partial charge in [-0.15, -0.1) is 0 Å². The molecule has 140 valence electrons. The van der Waals surface area contributed by atoms with Gasteiger partial charge in [-0.1, -0.05) is 68.8 Å². The molecular weight excluding hydrogens is 340 g/mol. The van der Waals surface area contributed by atoms with Crippen LogP contribution in [0.2, 0.25) is 0 Å². The lowest BCUT2D eigenvalue weighted by Crippen LogP contribution is -2.42. The number of rotatable bonds is 6. The molecule has 1 aliphatic heterocycles. The maximum Gasteiger partial charge on any atom is 0.338 e. The van der Waals surface area contributed by atoms with Crippen molar-refractivity contribution in [3.05, 3.63) is 66.2 Å². The fourth-order valence-electron chi connectivity index (χ4n) is 3.25. The van der Waals surface area contributed by atoms with E-state index in [1.54, 1.807) is 24.3 Å². The minimum atomic E-state index is -0.809. The van der Waals surface area contributed by atoms with Crippen LogP contribution in [0, 0.1) is 5.92 Å².